The van der Waals surface area contributed by atoms with Crippen LogP contribution in [0.5, 0.6) is 0 Å². The Bertz CT molecular complexity index is 807. The fourth-order valence-corrected chi connectivity index (χ4v) is 2.52. The lowest BCUT2D eigenvalue weighted by Crippen LogP contribution is -2.00. The molecule has 0 saturated carbocycles. The summed E-state index contributed by atoms with van der Waals surface area (Å²) in [6.45, 7) is 0.0292. The van der Waals surface area contributed by atoms with Crippen LogP contribution in [0, 0.1) is 5.82 Å². The van der Waals surface area contributed by atoms with Crippen LogP contribution in [-0.4, -0.2) is 11.1 Å². The van der Waals surface area contributed by atoms with Crippen molar-refractivity contribution in [2.45, 2.75) is 6.61 Å². The number of rotatable bonds is 5. The van der Waals surface area contributed by atoms with Crippen LogP contribution in [-0.2, 0) is 16.1 Å². The van der Waals surface area contributed by atoms with Gasteiger partial charge in [0.2, 0.25) is 0 Å². The summed E-state index contributed by atoms with van der Waals surface area (Å²) in [4.78, 5) is 12.6. The predicted octanol–water partition coefficient (Wildman–Crippen LogP) is 4.30. The Morgan fingerprint density at radius 3 is 2.87 bits per heavy atom. The van der Waals surface area contributed by atoms with Crippen LogP contribution in [0.1, 0.15) is 11.3 Å². The van der Waals surface area contributed by atoms with Crippen LogP contribution in [0.3, 0.4) is 0 Å². The average Bonchev–Trinajstić information content (AvgIpc) is 3.23. The van der Waals surface area contributed by atoms with Crippen molar-refractivity contribution in [2.75, 3.05) is 0 Å². The van der Waals surface area contributed by atoms with Gasteiger partial charge >= 0.3 is 5.97 Å². The third-order valence-corrected chi connectivity index (χ3v) is 3.85. The summed E-state index contributed by atoms with van der Waals surface area (Å²) < 4.78 is 23.0. The number of aromatic nitrogens is 1. The van der Waals surface area contributed by atoms with Gasteiger partial charge in [0.1, 0.15) is 18.1 Å². The van der Waals surface area contributed by atoms with Gasteiger partial charge in [-0.05, 0) is 35.2 Å². The zero-order valence-corrected chi connectivity index (χ0v) is 12.8. The Kier molecular flexibility index (Phi) is 4.63. The first-order valence-electron chi connectivity index (χ1n) is 6.80. The van der Waals surface area contributed by atoms with Gasteiger partial charge in [-0.15, -0.1) is 11.3 Å². The number of benzene rings is 1. The molecule has 4 nitrogen and oxygen atoms in total. The van der Waals surface area contributed by atoms with Gasteiger partial charge in [0.25, 0.3) is 0 Å². The maximum absolute atomic E-state index is 12.8. The summed E-state index contributed by atoms with van der Waals surface area (Å²) in [5, 5.41) is 5.80. The Hall–Kier alpha value is -2.73. The highest BCUT2D eigenvalue weighted by atomic mass is 32.1. The normalized spacial score (nSPS) is 11.0. The highest BCUT2D eigenvalue weighted by Crippen LogP contribution is 2.25. The molecule has 2 aromatic heterocycles. The first-order valence-corrected chi connectivity index (χ1v) is 7.68. The molecule has 3 aromatic rings. The van der Waals surface area contributed by atoms with Gasteiger partial charge in [-0.2, -0.15) is 0 Å². The highest BCUT2D eigenvalue weighted by Gasteiger charge is 2.08. The minimum atomic E-state index is -0.505. The molecule has 0 fully saturated rings. The molecule has 0 spiro atoms. The molecule has 0 aliphatic carbocycles. The van der Waals surface area contributed by atoms with Gasteiger partial charge < -0.3 is 9.26 Å². The predicted molar refractivity (Wildman–Crippen MR) is 85.0 cm³/mol. The molecular formula is C17H12FNO3S. The van der Waals surface area contributed by atoms with Crippen molar-refractivity contribution in [1.82, 2.24) is 5.16 Å². The summed E-state index contributed by atoms with van der Waals surface area (Å²) in [7, 11) is 0. The summed E-state index contributed by atoms with van der Waals surface area (Å²) in [6.07, 6.45) is 2.84. The molecule has 2 heterocycles. The van der Waals surface area contributed by atoms with E-state index in [0.29, 0.717) is 17.0 Å². The SMILES string of the molecule is O=C(/C=C/c1ccc(F)cc1)OCc1cc(-c2cccs2)on1. The largest absolute Gasteiger partial charge is 0.456 e. The van der Waals surface area contributed by atoms with Crippen LogP contribution in [0.15, 0.2) is 58.4 Å². The number of hydrogen-bond acceptors (Lipinski definition) is 5. The number of carbonyl (C=O) groups excluding carboxylic acids is 1. The van der Waals surface area contributed by atoms with Gasteiger partial charge in [-0.1, -0.05) is 23.4 Å². The van der Waals surface area contributed by atoms with E-state index in [-0.39, 0.29) is 12.4 Å². The molecular weight excluding hydrogens is 317 g/mol. The Balaban J connectivity index is 1.54. The maximum atomic E-state index is 12.8. The average molecular weight is 329 g/mol. The second kappa shape index (κ2) is 7.02. The van der Waals surface area contributed by atoms with Crippen LogP contribution in [0.25, 0.3) is 16.7 Å². The van der Waals surface area contributed by atoms with Crippen LogP contribution < -0.4 is 0 Å². The molecule has 0 N–H and O–H groups in total. The van der Waals surface area contributed by atoms with Gasteiger partial charge in [-0.25, -0.2) is 9.18 Å². The monoisotopic (exact) mass is 329 g/mol. The summed E-state index contributed by atoms with van der Waals surface area (Å²) in [5.41, 5.74) is 1.25. The maximum Gasteiger partial charge on any atom is 0.331 e. The van der Waals surface area contributed by atoms with Crippen molar-refractivity contribution < 1.29 is 18.4 Å². The number of nitrogens with zero attached hydrogens (tertiary/aromatic N) is 1. The standard InChI is InChI=1S/C17H12FNO3S/c18-13-6-3-12(4-7-13)5-8-17(20)21-11-14-10-15(22-19-14)16-2-1-9-23-16/h1-10H,11H2/b8-5+. The quantitative estimate of drug-likeness (QED) is 0.517. The number of ether oxygens (including phenoxy) is 1. The van der Waals surface area contributed by atoms with E-state index >= 15 is 0 Å². The van der Waals surface area contributed by atoms with E-state index in [1.165, 1.54) is 18.2 Å². The summed E-state index contributed by atoms with van der Waals surface area (Å²) in [6, 6.07) is 11.4. The second-order valence-electron chi connectivity index (χ2n) is 4.65. The van der Waals surface area contributed by atoms with E-state index in [1.54, 1.807) is 35.6 Å². The fourth-order valence-electron chi connectivity index (χ4n) is 1.85. The molecule has 0 amide bonds. The van der Waals surface area contributed by atoms with E-state index in [1.807, 2.05) is 17.5 Å². The molecule has 1 aromatic carbocycles. The smallest absolute Gasteiger partial charge is 0.331 e. The van der Waals surface area contributed by atoms with Crippen molar-refractivity contribution in [3.05, 3.63) is 71.0 Å². The molecule has 0 aliphatic rings. The van der Waals surface area contributed by atoms with Crippen LogP contribution in [0.2, 0.25) is 0 Å². The molecule has 0 atom stereocenters. The minimum absolute atomic E-state index is 0.0292. The molecule has 3 rings (SSSR count). The number of thiophene rings is 1. The Morgan fingerprint density at radius 1 is 1.30 bits per heavy atom. The zero-order chi connectivity index (χ0) is 16.1. The lowest BCUT2D eigenvalue weighted by Gasteiger charge is -1.97. The Morgan fingerprint density at radius 2 is 2.13 bits per heavy atom. The van der Waals surface area contributed by atoms with Crippen LogP contribution in [0.4, 0.5) is 4.39 Å². The molecule has 0 bridgehead atoms. The highest BCUT2D eigenvalue weighted by molar-refractivity contribution is 7.13. The van der Waals surface area contributed by atoms with E-state index in [0.717, 1.165) is 4.88 Å². The molecule has 0 aliphatic heterocycles. The third-order valence-electron chi connectivity index (χ3n) is 2.97. The first kappa shape index (κ1) is 15.2. The van der Waals surface area contributed by atoms with E-state index < -0.39 is 5.97 Å². The van der Waals surface area contributed by atoms with E-state index in [9.17, 15) is 9.18 Å². The van der Waals surface area contributed by atoms with Gasteiger partial charge in [0, 0.05) is 12.1 Å². The van der Waals surface area contributed by atoms with Gasteiger partial charge in [0.15, 0.2) is 5.76 Å². The molecule has 0 unspecified atom stereocenters. The topological polar surface area (TPSA) is 52.3 Å². The number of halogens is 1. The van der Waals surface area contributed by atoms with Crippen LogP contribution >= 0.6 is 11.3 Å². The molecule has 23 heavy (non-hydrogen) atoms. The molecule has 0 saturated heterocycles. The summed E-state index contributed by atoms with van der Waals surface area (Å²) >= 11 is 1.54. The molecule has 116 valence electrons. The lowest BCUT2D eigenvalue weighted by molar-refractivity contribution is -0.139. The minimum Gasteiger partial charge on any atom is -0.456 e. The summed E-state index contributed by atoms with van der Waals surface area (Å²) in [5.74, 6) is -0.180. The molecule has 0 radical (unpaired) electrons. The van der Waals surface area contributed by atoms with Gasteiger partial charge in [0.05, 0.1) is 4.88 Å². The zero-order valence-electron chi connectivity index (χ0n) is 11.9. The first-order chi connectivity index (χ1) is 11.2. The fraction of sp³-hybridized carbons (Fsp3) is 0.0588. The van der Waals surface area contributed by atoms with Crippen molar-refractivity contribution in [3.63, 3.8) is 0 Å². The lowest BCUT2D eigenvalue weighted by atomic mass is 10.2. The third kappa shape index (κ3) is 4.14. The van der Waals surface area contributed by atoms with Gasteiger partial charge in [-0.3, -0.25) is 0 Å². The molecule has 6 heteroatoms. The van der Waals surface area contributed by atoms with Crippen molar-refractivity contribution in [2.24, 2.45) is 0 Å². The second-order valence-corrected chi connectivity index (χ2v) is 5.60. The van der Waals surface area contributed by atoms with Crippen molar-refractivity contribution >= 4 is 23.4 Å². The van der Waals surface area contributed by atoms with E-state index in [2.05, 4.69) is 5.16 Å². The van der Waals surface area contributed by atoms with E-state index in [4.69, 9.17) is 9.26 Å². The van der Waals surface area contributed by atoms with Crippen molar-refractivity contribution in [1.29, 1.82) is 0 Å². The Labute approximate surface area is 135 Å². The van der Waals surface area contributed by atoms with Crippen molar-refractivity contribution in [3.8, 4) is 10.6 Å². The number of carbonyl (C=O) groups is 1. The number of esters is 1. The number of hydrogen-bond donors (Lipinski definition) is 0.